The van der Waals surface area contributed by atoms with Crippen LogP contribution in [0.1, 0.15) is 49.9 Å². The summed E-state index contributed by atoms with van der Waals surface area (Å²) >= 11 is 0. The van der Waals surface area contributed by atoms with Gasteiger partial charge in [0, 0.05) is 18.7 Å². The molecule has 0 spiro atoms. The highest BCUT2D eigenvalue weighted by Gasteiger charge is 2.30. The topological polar surface area (TPSA) is 128 Å². The van der Waals surface area contributed by atoms with Crippen LogP contribution in [0.25, 0.3) is 11.1 Å². The Balaban J connectivity index is 1.86. The number of nitrogens with one attached hydrogen (secondary N) is 3. The van der Waals surface area contributed by atoms with Gasteiger partial charge in [-0.1, -0.05) is 26.0 Å². The van der Waals surface area contributed by atoms with Crippen LogP contribution in [0.15, 0.2) is 47.4 Å². The summed E-state index contributed by atoms with van der Waals surface area (Å²) in [7, 11) is 4.65. The molecule has 3 aromatic rings. The van der Waals surface area contributed by atoms with Gasteiger partial charge >= 0.3 is 0 Å². The van der Waals surface area contributed by atoms with Gasteiger partial charge in [0.2, 0.25) is 23.0 Å². The van der Waals surface area contributed by atoms with E-state index in [-0.39, 0.29) is 28.8 Å². The quantitative estimate of drug-likeness (QED) is 0.337. The van der Waals surface area contributed by atoms with E-state index in [1.165, 1.54) is 20.1 Å². The molecule has 3 N–H and O–H groups in total. The van der Waals surface area contributed by atoms with E-state index in [4.69, 9.17) is 14.2 Å². The molecule has 0 fully saturated rings. The van der Waals surface area contributed by atoms with Crippen molar-refractivity contribution in [1.82, 2.24) is 10.3 Å². The Bertz CT molecular complexity index is 1550. The van der Waals surface area contributed by atoms with Crippen molar-refractivity contribution in [2.75, 3.05) is 32.0 Å². The van der Waals surface area contributed by atoms with Gasteiger partial charge in [-0.3, -0.25) is 14.4 Å². The van der Waals surface area contributed by atoms with Crippen molar-refractivity contribution < 1.29 is 23.8 Å². The highest BCUT2D eigenvalue weighted by Crippen LogP contribution is 2.50. The molecule has 1 aliphatic rings. The zero-order chi connectivity index (χ0) is 30.6. The number of rotatable bonds is 9. The summed E-state index contributed by atoms with van der Waals surface area (Å²) in [6.07, 6.45) is 2.75. The van der Waals surface area contributed by atoms with Crippen molar-refractivity contribution in [1.29, 1.82) is 0 Å². The Morgan fingerprint density at radius 3 is 2.38 bits per heavy atom. The van der Waals surface area contributed by atoms with Crippen LogP contribution in [0.2, 0.25) is 0 Å². The van der Waals surface area contributed by atoms with Gasteiger partial charge in [0.15, 0.2) is 11.5 Å². The van der Waals surface area contributed by atoms with E-state index >= 15 is 0 Å². The van der Waals surface area contributed by atoms with Crippen molar-refractivity contribution in [3.8, 4) is 28.4 Å². The number of amides is 2. The smallest absolute Gasteiger partial charge is 0.248 e. The van der Waals surface area contributed by atoms with Crippen LogP contribution in [-0.4, -0.2) is 44.2 Å². The summed E-state index contributed by atoms with van der Waals surface area (Å²) in [5.41, 5.74) is 3.79. The second-order valence-corrected chi connectivity index (χ2v) is 10.6. The fourth-order valence-corrected chi connectivity index (χ4v) is 5.34. The largest absolute Gasteiger partial charge is 0.493 e. The summed E-state index contributed by atoms with van der Waals surface area (Å²) in [5.74, 6) is 1.21. The molecular formula is C32H38N4O6. The molecule has 10 heteroatoms. The van der Waals surface area contributed by atoms with Gasteiger partial charge in [-0.2, -0.15) is 0 Å². The lowest BCUT2D eigenvalue weighted by molar-refractivity contribution is -0.120. The molecule has 4 rings (SSSR count). The number of hydrogen-bond donors (Lipinski definition) is 3. The Hall–Kier alpha value is -4.60. The van der Waals surface area contributed by atoms with E-state index < -0.39 is 12.1 Å². The van der Waals surface area contributed by atoms with Crippen LogP contribution >= 0.6 is 0 Å². The van der Waals surface area contributed by atoms with Crippen LogP contribution < -0.4 is 35.6 Å². The average molecular weight is 575 g/mol. The second-order valence-electron chi connectivity index (χ2n) is 10.6. The molecule has 1 heterocycles. The van der Waals surface area contributed by atoms with Gasteiger partial charge in [-0.05, 0) is 72.2 Å². The minimum absolute atomic E-state index is 0.151. The first-order valence-electron chi connectivity index (χ1n) is 13.9. The number of methoxy groups -OCH3 is 3. The van der Waals surface area contributed by atoms with Crippen molar-refractivity contribution >= 4 is 23.3 Å². The molecule has 1 aromatic heterocycles. The van der Waals surface area contributed by atoms with Crippen molar-refractivity contribution in [2.24, 2.45) is 5.92 Å². The number of fused-ring (bicyclic) bond motifs is 3. The van der Waals surface area contributed by atoms with E-state index in [0.717, 1.165) is 16.7 Å². The lowest BCUT2D eigenvalue weighted by Gasteiger charge is -2.22. The van der Waals surface area contributed by atoms with Gasteiger partial charge in [-0.25, -0.2) is 4.98 Å². The Kier molecular flexibility index (Phi) is 9.35. The van der Waals surface area contributed by atoms with Gasteiger partial charge in [0.05, 0.1) is 33.1 Å². The number of aromatic nitrogens is 1. The summed E-state index contributed by atoms with van der Waals surface area (Å²) in [6, 6.07) is 9.43. The third kappa shape index (κ3) is 6.17. The van der Waals surface area contributed by atoms with E-state index in [9.17, 15) is 14.4 Å². The fraction of sp³-hybridized carbons (Fsp3) is 0.375. The highest BCUT2D eigenvalue weighted by molar-refractivity contribution is 5.96. The maximum atomic E-state index is 13.7. The van der Waals surface area contributed by atoms with E-state index in [0.29, 0.717) is 47.0 Å². The van der Waals surface area contributed by atoms with Gasteiger partial charge < -0.3 is 30.2 Å². The number of carbonyl (C=O) groups excluding carboxylic acids is 2. The molecule has 1 aliphatic carbocycles. The monoisotopic (exact) mass is 574 g/mol. The van der Waals surface area contributed by atoms with E-state index in [1.807, 2.05) is 39.0 Å². The Labute approximate surface area is 245 Å². The van der Waals surface area contributed by atoms with Crippen LogP contribution in [0.5, 0.6) is 17.2 Å². The molecule has 10 nitrogen and oxygen atoms in total. The first kappa shape index (κ1) is 30.4. The van der Waals surface area contributed by atoms with Crippen LogP contribution in [0.4, 0.5) is 11.5 Å². The second kappa shape index (κ2) is 12.9. The maximum Gasteiger partial charge on any atom is 0.248 e. The van der Waals surface area contributed by atoms with E-state index in [1.54, 1.807) is 32.5 Å². The molecule has 0 unspecified atom stereocenters. The Morgan fingerprint density at radius 2 is 1.76 bits per heavy atom. The first-order valence-corrected chi connectivity index (χ1v) is 13.9. The average Bonchev–Trinajstić information content (AvgIpc) is 3.19. The summed E-state index contributed by atoms with van der Waals surface area (Å²) in [5, 5.41) is 9.06. The third-order valence-electron chi connectivity index (χ3n) is 7.43. The van der Waals surface area contributed by atoms with Crippen molar-refractivity contribution in [3.63, 3.8) is 0 Å². The van der Waals surface area contributed by atoms with E-state index in [2.05, 4.69) is 20.9 Å². The number of nitrogens with zero attached hydrogens (tertiary/aromatic N) is 1. The van der Waals surface area contributed by atoms with Crippen molar-refractivity contribution in [2.45, 2.75) is 52.6 Å². The number of pyridine rings is 1. The lowest BCUT2D eigenvalue weighted by atomic mass is 9.95. The van der Waals surface area contributed by atoms with Crippen LogP contribution in [0, 0.1) is 12.8 Å². The lowest BCUT2D eigenvalue weighted by Crippen LogP contribution is -2.40. The minimum atomic E-state index is -0.723. The molecule has 0 aliphatic heterocycles. The first-order chi connectivity index (χ1) is 20.1. The standard InChI is InChI=1S/C32H38N4O6/c1-17(2)28(32(39)36-31-18(3)9-8-14-33-31)35-24-13-11-21-22(16-25(24)38)23(34-19(4)37)12-10-20-15-26(40-5)29(41-6)30(42-7)27(20)21/h8-9,11,13-17,23,28H,10,12H2,1-7H3,(H,34,37)(H,35,38)(H,33,36,39)/t23-,28-/m1/s1. The zero-order valence-electron chi connectivity index (χ0n) is 25.1. The summed E-state index contributed by atoms with van der Waals surface area (Å²) < 4.78 is 17.1. The molecule has 2 amide bonds. The number of anilines is 2. The number of carbonyl (C=O) groups is 2. The molecule has 222 valence electrons. The molecule has 0 bridgehead atoms. The van der Waals surface area contributed by atoms with Gasteiger partial charge in [-0.15, -0.1) is 0 Å². The highest BCUT2D eigenvalue weighted by atomic mass is 16.5. The Morgan fingerprint density at radius 1 is 1.02 bits per heavy atom. The SMILES string of the molecule is COc1cc2c(c(OC)c1OC)-c1ccc(N[C@@H](C(=O)Nc3ncccc3C)C(C)C)c(=O)cc1[C@H](NC(C)=O)CC2. The minimum Gasteiger partial charge on any atom is -0.493 e. The number of hydrogen-bond acceptors (Lipinski definition) is 8. The summed E-state index contributed by atoms with van der Waals surface area (Å²) in [4.78, 5) is 43.5. The molecule has 0 saturated carbocycles. The maximum absolute atomic E-state index is 13.7. The number of ether oxygens (including phenoxy) is 3. The molecule has 2 aromatic carbocycles. The predicted molar refractivity (Wildman–Crippen MR) is 163 cm³/mol. The predicted octanol–water partition coefficient (Wildman–Crippen LogP) is 4.64. The van der Waals surface area contributed by atoms with Crippen molar-refractivity contribution in [3.05, 3.63) is 69.5 Å². The molecule has 0 radical (unpaired) electrons. The molecule has 0 saturated heterocycles. The molecular weight excluding hydrogens is 536 g/mol. The third-order valence-corrected chi connectivity index (χ3v) is 7.43. The fourth-order valence-electron chi connectivity index (χ4n) is 5.34. The van der Waals surface area contributed by atoms with Crippen LogP contribution in [0.3, 0.4) is 0 Å². The van der Waals surface area contributed by atoms with Crippen LogP contribution in [-0.2, 0) is 16.0 Å². The number of aryl methyl sites for hydroxylation is 2. The number of benzene rings is 1. The molecule has 2 atom stereocenters. The van der Waals surface area contributed by atoms with Gasteiger partial charge in [0.1, 0.15) is 11.9 Å². The molecule has 42 heavy (non-hydrogen) atoms. The van der Waals surface area contributed by atoms with Gasteiger partial charge in [0.25, 0.3) is 0 Å². The summed E-state index contributed by atoms with van der Waals surface area (Å²) in [6.45, 7) is 7.12. The zero-order valence-corrected chi connectivity index (χ0v) is 25.1. The normalized spacial score (nSPS) is 14.5.